The number of likely N-dealkylation sites (tertiary alicyclic amines) is 1. The summed E-state index contributed by atoms with van der Waals surface area (Å²) in [6.45, 7) is 4.89. The van der Waals surface area contributed by atoms with Crippen LogP contribution in [0.1, 0.15) is 42.9 Å². The Bertz CT molecular complexity index is 1060. The molecule has 0 spiro atoms. The van der Waals surface area contributed by atoms with Gasteiger partial charge in [0, 0.05) is 19.1 Å². The number of carbonyl (C=O) groups excluding carboxylic acids is 1. The van der Waals surface area contributed by atoms with Gasteiger partial charge in [-0.05, 0) is 67.6 Å². The van der Waals surface area contributed by atoms with Crippen LogP contribution in [0.2, 0.25) is 0 Å². The molecule has 7 rings (SSSR count). The lowest BCUT2D eigenvalue weighted by Crippen LogP contribution is -2.84. The van der Waals surface area contributed by atoms with Crippen LogP contribution in [-0.4, -0.2) is 61.3 Å². The Hall–Kier alpha value is -2.21. The summed E-state index contributed by atoms with van der Waals surface area (Å²) in [7, 11) is 1.71. The van der Waals surface area contributed by atoms with Gasteiger partial charge in [-0.2, -0.15) is 0 Å². The highest BCUT2D eigenvalue weighted by molar-refractivity contribution is 5.96. The van der Waals surface area contributed by atoms with Crippen molar-refractivity contribution < 1.29 is 19.0 Å². The minimum atomic E-state index is -0.440. The highest BCUT2D eigenvalue weighted by Crippen LogP contribution is 2.63. The number of methoxy groups -OCH3 is 1. The van der Waals surface area contributed by atoms with E-state index in [-0.39, 0.29) is 17.9 Å². The Morgan fingerprint density at radius 3 is 2.79 bits per heavy atom. The monoisotopic (exact) mass is 447 g/mol. The number of fused-ring (bicyclic) bond motifs is 1. The third-order valence-corrected chi connectivity index (χ3v) is 8.77. The smallest absolute Gasteiger partial charge is 0.191 e. The molecule has 2 aliphatic carbocycles. The Morgan fingerprint density at radius 1 is 1.18 bits per heavy atom. The molecule has 4 bridgehead atoms. The summed E-state index contributed by atoms with van der Waals surface area (Å²) < 4.78 is 18.9. The summed E-state index contributed by atoms with van der Waals surface area (Å²) in [5, 5.41) is 0. The normalized spacial score (nSPS) is 34.2. The molecule has 5 atom stereocenters. The van der Waals surface area contributed by atoms with Crippen LogP contribution in [-0.2, 0) is 32.5 Å². The molecule has 2 aromatic carbocycles. The number of aryl methyl sites for hydroxylation is 1. The molecule has 33 heavy (non-hydrogen) atoms. The van der Waals surface area contributed by atoms with E-state index in [9.17, 15) is 4.79 Å². The number of hydrogen-bond donors (Lipinski definition) is 0. The van der Waals surface area contributed by atoms with Crippen LogP contribution in [0.15, 0.2) is 48.5 Å². The lowest BCUT2D eigenvalue weighted by atomic mass is 9.46. The third kappa shape index (κ3) is 2.92. The summed E-state index contributed by atoms with van der Waals surface area (Å²) >= 11 is 0. The van der Waals surface area contributed by atoms with Crippen molar-refractivity contribution in [2.45, 2.75) is 68.3 Å². The Labute approximate surface area is 196 Å². The third-order valence-electron chi connectivity index (χ3n) is 8.77. The second kappa shape index (κ2) is 7.93. The first kappa shape index (κ1) is 21.3. The van der Waals surface area contributed by atoms with Gasteiger partial charge in [0.25, 0.3) is 0 Å². The molecular formula is C28H33NO4. The number of likely N-dealkylation sites (N-methyl/N-ethyl adjacent to an activating group) is 1. The van der Waals surface area contributed by atoms with Crippen LogP contribution >= 0.6 is 0 Å². The zero-order chi connectivity index (χ0) is 22.6. The maximum Gasteiger partial charge on any atom is 0.191 e. The van der Waals surface area contributed by atoms with E-state index >= 15 is 0 Å². The number of piperidine rings is 1. The average molecular weight is 448 g/mol. The first-order valence-electron chi connectivity index (χ1n) is 12.4. The van der Waals surface area contributed by atoms with Crippen LogP contribution in [0.3, 0.4) is 0 Å². The molecule has 2 aromatic rings. The van der Waals surface area contributed by atoms with Crippen LogP contribution in [0.25, 0.3) is 0 Å². The summed E-state index contributed by atoms with van der Waals surface area (Å²) in [6.07, 6.45) is 3.72. The standard InChI is InChI=1S/C28H33NO4/c1-3-29-14-13-27-22-17-21(31-2)12-11-20(22)16-24(29)28(27,18-23-25(30)26(27)33-23)32-15-7-10-19-8-5-4-6-9-19/h4-6,8-9,11-12,17,23-24,26H,3,7,10,13-16,18H2,1-2H3/t23?,24-,26+,27+,28-/m1/s1. The zero-order valence-electron chi connectivity index (χ0n) is 19.6. The molecule has 0 radical (unpaired) electrons. The van der Waals surface area contributed by atoms with Crippen LogP contribution in [0, 0.1) is 0 Å². The Balaban J connectivity index is 1.39. The van der Waals surface area contributed by atoms with Crippen molar-refractivity contribution in [1.82, 2.24) is 4.90 Å². The van der Waals surface area contributed by atoms with E-state index in [0.717, 1.165) is 44.5 Å². The SMILES string of the molecule is CCN1CC[C@@]23c4cc(OC)ccc4C[C@@H]1[C@]2(OCCCc1ccccc1)CC1O[C@H]3C1=O. The second-order valence-electron chi connectivity index (χ2n) is 10.0. The molecule has 3 heterocycles. The van der Waals surface area contributed by atoms with E-state index in [0.29, 0.717) is 13.0 Å². The first-order chi connectivity index (χ1) is 16.1. The number of rotatable bonds is 7. The Kier molecular flexibility index (Phi) is 5.13. The largest absolute Gasteiger partial charge is 0.497 e. The summed E-state index contributed by atoms with van der Waals surface area (Å²) in [5.41, 5.74) is 3.02. The summed E-state index contributed by atoms with van der Waals surface area (Å²) in [5.74, 6) is 1.10. The van der Waals surface area contributed by atoms with Crippen LogP contribution < -0.4 is 4.74 Å². The van der Waals surface area contributed by atoms with Gasteiger partial charge in [0.05, 0.1) is 18.1 Å². The number of Topliss-reactive ketones (excluding diaryl/α,β-unsaturated/α-hetero) is 1. The van der Waals surface area contributed by atoms with Crippen molar-refractivity contribution in [3.63, 3.8) is 0 Å². The number of ether oxygens (including phenoxy) is 3. The minimum Gasteiger partial charge on any atom is -0.497 e. The van der Waals surface area contributed by atoms with Crippen molar-refractivity contribution >= 4 is 5.78 Å². The number of hydrogen-bond acceptors (Lipinski definition) is 5. The van der Waals surface area contributed by atoms with Gasteiger partial charge in [-0.1, -0.05) is 43.3 Å². The number of carbonyl (C=O) groups is 1. The van der Waals surface area contributed by atoms with E-state index in [1.54, 1.807) is 7.11 Å². The van der Waals surface area contributed by atoms with Gasteiger partial charge in [0.2, 0.25) is 0 Å². The summed E-state index contributed by atoms with van der Waals surface area (Å²) in [6, 6.07) is 17.3. The van der Waals surface area contributed by atoms with E-state index in [2.05, 4.69) is 54.3 Å². The van der Waals surface area contributed by atoms with Crippen molar-refractivity contribution in [3.05, 3.63) is 65.2 Å². The fourth-order valence-electron chi connectivity index (χ4n) is 7.25. The zero-order valence-corrected chi connectivity index (χ0v) is 19.6. The molecule has 1 saturated carbocycles. The number of nitrogens with zero attached hydrogens (tertiary/aromatic N) is 1. The van der Waals surface area contributed by atoms with Gasteiger partial charge >= 0.3 is 0 Å². The Morgan fingerprint density at radius 2 is 2.03 bits per heavy atom. The van der Waals surface area contributed by atoms with Crippen LogP contribution in [0.4, 0.5) is 0 Å². The molecule has 4 fully saturated rings. The highest BCUT2D eigenvalue weighted by atomic mass is 16.6. The molecule has 0 N–H and O–H groups in total. The van der Waals surface area contributed by atoms with Gasteiger partial charge in [0.1, 0.15) is 18.0 Å². The second-order valence-corrected chi connectivity index (χ2v) is 10.0. The first-order valence-corrected chi connectivity index (χ1v) is 12.4. The molecule has 1 unspecified atom stereocenters. The van der Waals surface area contributed by atoms with E-state index < -0.39 is 17.1 Å². The summed E-state index contributed by atoms with van der Waals surface area (Å²) in [4.78, 5) is 15.7. The van der Waals surface area contributed by atoms with Crippen molar-refractivity contribution in [2.24, 2.45) is 0 Å². The molecule has 5 aliphatic rings. The van der Waals surface area contributed by atoms with Gasteiger partial charge < -0.3 is 14.2 Å². The molecule has 174 valence electrons. The maximum absolute atomic E-state index is 13.1. The number of ketones is 1. The highest BCUT2D eigenvalue weighted by Gasteiger charge is 2.76. The molecule has 0 amide bonds. The van der Waals surface area contributed by atoms with Gasteiger partial charge in [-0.3, -0.25) is 9.69 Å². The predicted octanol–water partition coefficient (Wildman–Crippen LogP) is 3.71. The molecular weight excluding hydrogens is 414 g/mol. The number of benzene rings is 2. The fraction of sp³-hybridized carbons (Fsp3) is 0.536. The quantitative estimate of drug-likeness (QED) is 0.606. The maximum atomic E-state index is 13.1. The van der Waals surface area contributed by atoms with Gasteiger partial charge in [-0.15, -0.1) is 0 Å². The van der Waals surface area contributed by atoms with Crippen molar-refractivity contribution in [2.75, 3.05) is 26.8 Å². The van der Waals surface area contributed by atoms with E-state index in [4.69, 9.17) is 14.2 Å². The molecule has 5 nitrogen and oxygen atoms in total. The average Bonchev–Trinajstić information content (AvgIpc) is 2.86. The van der Waals surface area contributed by atoms with E-state index in [1.165, 1.54) is 16.7 Å². The predicted molar refractivity (Wildman–Crippen MR) is 126 cm³/mol. The van der Waals surface area contributed by atoms with Crippen molar-refractivity contribution in [3.8, 4) is 5.75 Å². The van der Waals surface area contributed by atoms with Gasteiger partial charge in [-0.25, -0.2) is 0 Å². The fourth-order valence-corrected chi connectivity index (χ4v) is 7.25. The molecule has 5 heteroatoms. The van der Waals surface area contributed by atoms with Crippen LogP contribution in [0.5, 0.6) is 5.75 Å². The van der Waals surface area contributed by atoms with Crippen molar-refractivity contribution in [1.29, 1.82) is 0 Å². The topological polar surface area (TPSA) is 48.0 Å². The molecule has 3 saturated heterocycles. The van der Waals surface area contributed by atoms with E-state index in [1.807, 2.05) is 6.07 Å². The lowest BCUT2D eigenvalue weighted by molar-refractivity contribution is -0.292. The molecule has 3 aliphatic heterocycles. The minimum absolute atomic E-state index is 0.260. The van der Waals surface area contributed by atoms with Gasteiger partial charge in [0.15, 0.2) is 5.78 Å². The molecule has 0 aromatic heterocycles. The lowest BCUT2D eigenvalue weighted by Gasteiger charge is -2.71.